The Hall–Kier alpha value is -0.780. The number of alkyl halides is 3. The molecule has 1 aliphatic heterocycles. The highest BCUT2D eigenvalue weighted by Gasteiger charge is 2.43. The summed E-state index contributed by atoms with van der Waals surface area (Å²) in [5, 5.41) is 0. The van der Waals surface area contributed by atoms with Crippen LogP contribution in [-0.2, 0) is 4.79 Å². The lowest BCUT2D eigenvalue weighted by atomic mass is 9.97. The first-order valence-electron chi connectivity index (χ1n) is 4.51. The van der Waals surface area contributed by atoms with E-state index in [1.165, 1.54) is 0 Å². The maximum Gasteiger partial charge on any atom is 0.471 e. The smallest absolute Gasteiger partial charge is 0.335 e. The summed E-state index contributed by atoms with van der Waals surface area (Å²) in [6, 6.07) is 0. The summed E-state index contributed by atoms with van der Waals surface area (Å²) in [5.74, 6) is -1.47. The lowest BCUT2D eigenvalue weighted by Crippen LogP contribution is -2.46. The summed E-state index contributed by atoms with van der Waals surface area (Å²) in [4.78, 5) is 11.6. The number of amides is 1. The molecule has 3 nitrogen and oxygen atoms in total. The van der Waals surface area contributed by atoms with Gasteiger partial charge >= 0.3 is 12.1 Å². The summed E-state index contributed by atoms with van der Waals surface area (Å²) in [6.07, 6.45) is -3.60. The third-order valence-electron chi connectivity index (χ3n) is 2.48. The van der Waals surface area contributed by atoms with Crippen molar-refractivity contribution < 1.29 is 18.0 Å². The molecular weight excluding hydrogens is 197 g/mol. The van der Waals surface area contributed by atoms with E-state index in [9.17, 15) is 18.0 Å². The second kappa shape index (κ2) is 4.16. The minimum absolute atomic E-state index is 0.167. The summed E-state index contributed by atoms with van der Waals surface area (Å²) in [6.45, 7) is 0.814. The van der Waals surface area contributed by atoms with Gasteiger partial charge in [0.15, 0.2) is 0 Å². The Bertz CT molecular complexity index is 209. The molecule has 6 heteroatoms. The summed E-state index contributed by atoms with van der Waals surface area (Å²) in [7, 11) is 0. The van der Waals surface area contributed by atoms with Crippen molar-refractivity contribution in [3.05, 3.63) is 0 Å². The van der Waals surface area contributed by atoms with E-state index in [0.717, 1.165) is 4.90 Å². The number of hydrogen-bond acceptors (Lipinski definition) is 2. The maximum atomic E-state index is 12.0. The van der Waals surface area contributed by atoms with Crippen LogP contribution in [0.25, 0.3) is 0 Å². The number of halogens is 3. The van der Waals surface area contributed by atoms with Crippen LogP contribution in [0.1, 0.15) is 12.8 Å². The normalized spacial score (nSPS) is 19.9. The molecule has 1 aliphatic rings. The van der Waals surface area contributed by atoms with Crippen LogP contribution in [0, 0.1) is 5.92 Å². The Kier molecular flexibility index (Phi) is 3.36. The van der Waals surface area contributed by atoms with Crippen molar-refractivity contribution in [1.82, 2.24) is 4.90 Å². The molecule has 14 heavy (non-hydrogen) atoms. The SMILES string of the molecule is NCC1CCN(C(=O)C(F)(F)F)CC1. The molecule has 1 heterocycles. The predicted molar refractivity (Wildman–Crippen MR) is 44.4 cm³/mol. The zero-order chi connectivity index (χ0) is 10.8. The molecule has 0 aliphatic carbocycles. The molecule has 0 aromatic rings. The molecule has 0 saturated carbocycles. The van der Waals surface area contributed by atoms with Gasteiger partial charge in [0.05, 0.1) is 0 Å². The van der Waals surface area contributed by atoms with Gasteiger partial charge in [0.25, 0.3) is 0 Å². The Morgan fingerprint density at radius 1 is 1.36 bits per heavy atom. The number of carbonyl (C=O) groups is 1. The van der Waals surface area contributed by atoms with Crippen molar-refractivity contribution in [3.63, 3.8) is 0 Å². The van der Waals surface area contributed by atoms with Gasteiger partial charge in [-0.1, -0.05) is 0 Å². The minimum Gasteiger partial charge on any atom is -0.335 e. The molecule has 1 fully saturated rings. The lowest BCUT2D eigenvalue weighted by molar-refractivity contribution is -0.186. The van der Waals surface area contributed by atoms with Gasteiger partial charge in [0, 0.05) is 13.1 Å². The van der Waals surface area contributed by atoms with Crippen molar-refractivity contribution in [3.8, 4) is 0 Å². The van der Waals surface area contributed by atoms with E-state index in [1.54, 1.807) is 0 Å². The molecule has 0 unspecified atom stereocenters. The monoisotopic (exact) mass is 210 g/mol. The van der Waals surface area contributed by atoms with Crippen LogP contribution in [-0.4, -0.2) is 36.6 Å². The fourth-order valence-electron chi connectivity index (χ4n) is 1.55. The van der Waals surface area contributed by atoms with E-state index in [2.05, 4.69) is 0 Å². The van der Waals surface area contributed by atoms with Crippen LogP contribution in [0.15, 0.2) is 0 Å². The van der Waals surface area contributed by atoms with Gasteiger partial charge in [-0.3, -0.25) is 4.79 Å². The fourth-order valence-corrected chi connectivity index (χ4v) is 1.55. The Labute approximate surface area is 80.0 Å². The quantitative estimate of drug-likeness (QED) is 0.694. The lowest BCUT2D eigenvalue weighted by Gasteiger charge is -2.31. The second-order valence-electron chi connectivity index (χ2n) is 3.47. The fraction of sp³-hybridized carbons (Fsp3) is 0.875. The first-order chi connectivity index (χ1) is 6.45. The van der Waals surface area contributed by atoms with Crippen LogP contribution >= 0.6 is 0 Å². The molecule has 1 saturated heterocycles. The van der Waals surface area contributed by atoms with Gasteiger partial charge in [-0.2, -0.15) is 13.2 Å². The molecule has 0 aromatic carbocycles. The highest BCUT2D eigenvalue weighted by molar-refractivity contribution is 5.81. The van der Waals surface area contributed by atoms with Crippen molar-refractivity contribution >= 4 is 5.91 Å². The molecule has 0 atom stereocenters. The van der Waals surface area contributed by atoms with E-state index in [4.69, 9.17) is 5.73 Å². The van der Waals surface area contributed by atoms with E-state index < -0.39 is 12.1 Å². The number of nitrogens with two attached hydrogens (primary N) is 1. The van der Waals surface area contributed by atoms with Gasteiger partial charge in [-0.25, -0.2) is 0 Å². The highest BCUT2D eigenvalue weighted by Crippen LogP contribution is 2.23. The van der Waals surface area contributed by atoms with Crippen molar-refractivity contribution in [1.29, 1.82) is 0 Å². The number of piperidine rings is 1. The van der Waals surface area contributed by atoms with Crippen LogP contribution in [0.5, 0.6) is 0 Å². The number of carbonyl (C=O) groups excluding carboxylic acids is 1. The van der Waals surface area contributed by atoms with Crippen molar-refractivity contribution in [2.45, 2.75) is 19.0 Å². The van der Waals surface area contributed by atoms with Gasteiger partial charge < -0.3 is 10.6 Å². The Balaban J connectivity index is 2.46. The van der Waals surface area contributed by atoms with E-state index in [0.29, 0.717) is 19.4 Å². The molecular formula is C8H13F3N2O. The first-order valence-corrected chi connectivity index (χ1v) is 4.51. The Morgan fingerprint density at radius 3 is 2.21 bits per heavy atom. The molecule has 0 bridgehead atoms. The molecule has 1 rings (SSSR count). The summed E-state index contributed by atoms with van der Waals surface area (Å²) < 4.78 is 36.0. The van der Waals surface area contributed by atoms with Crippen LogP contribution in [0.3, 0.4) is 0 Å². The highest BCUT2D eigenvalue weighted by atomic mass is 19.4. The van der Waals surface area contributed by atoms with E-state index >= 15 is 0 Å². The van der Waals surface area contributed by atoms with Gasteiger partial charge in [0.2, 0.25) is 0 Å². The van der Waals surface area contributed by atoms with Crippen LogP contribution in [0.2, 0.25) is 0 Å². The summed E-state index contributed by atoms with van der Waals surface area (Å²) in [5.41, 5.74) is 5.38. The average Bonchev–Trinajstić information content (AvgIpc) is 2.15. The number of hydrogen-bond donors (Lipinski definition) is 1. The third-order valence-corrected chi connectivity index (χ3v) is 2.48. The third kappa shape index (κ3) is 2.60. The molecule has 2 N–H and O–H groups in total. The zero-order valence-electron chi connectivity index (χ0n) is 7.68. The van der Waals surface area contributed by atoms with Crippen molar-refractivity contribution in [2.75, 3.05) is 19.6 Å². The Morgan fingerprint density at radius 2 is 1.86 bits per heavy atom. The number of likely N-dealkylation sites (tertiary alicyclic amines) is 1. The van der Waals surface area contributed by atoms with Gasteiger partial charge in [0.1, 0.15) is 0 Å². The largest absolute Gasteiger partial charge is 0.471 e. The van der Waals surface area contributed by atoms with Gasteiger partial charge in [-0.05, 0) is 25.3 Å². The van der Waals surface area contributed by atoms with Crippen LogP contribution in [0.4, 0.5) is 13.2 Å². The molecule has 0 radical (unpaired) electrons. The predicted octanol–water partition coefficient (Wildman–Crippen LogP) is 0.746. The minimum atomic E-state index is -4.74. The van der Waals surface area contributed by atoms with Gasteiger partial charge in [-0.15, -0.1) is 0 Å². The second-order valence-corrected chi connectivity index (χ2v) is 3.47. The van der Waals surface area contributed by atoms with Crippen LogP contribution < -0.4 is 5.73 Å². The van der Waals surface area contributed by atoms with Crippen molar-refractivity contribution in [2.24, 2.45) is 11.7 Å². The topological polar surface area (TPSA) is 46.3 Å². The molecule has 82 valence electrons. The van der Waals surface area contributed by atoms with E-state index in [1.807, 2.05) is 0 Å². The standard InChI is InChI=1S/C8H13F3N2O/c9-8(10,11)7(14)13-3-1-6(5-12)2-4-13/h6H,1-5,12H2. The number of nitrogens with zero attached hydrogens (tertiary/aromatic N) is 1. The molecule has 1 amide bonds. The first kappa shape index (κ1) is 11.3. The maximum absolute atomic E-state index is 12.0. The number of rotatable bonds is 1. The molecule has 0 spiro atoms. The summed E-state index contributed by atoms with van der Waals surface area (Å²) >= 11 is 0. The molecule has 0 aromatic heterocycles. The zero-order valence-corrected chi connectivity index (χ0v) is 7.68. The average molecular weight is 210 g/mol. The van der Waals surface area contributed by atoms with E-state index in [-0.39, 0.29) is 19.0 Å².